The van der Waals surface area contributed by atoms with Crippen LogP contribution in [0.4, 0.5) is 0 Å². The fourth-order valence-electron chi connectivity index (χ4n) is 1.74. The van der Waals surface area contributed by atoms with Crippen LogP contribution in [0, 0.1) is 5.41 Å². The molecule has 0 spiro atoms. The van der Waals surface area contributed by atoms with Gasteiger partial charge in [-0.25, -0.2) is 0 Å². The molecule has 0 nitrogen and oxygen atoms in total. The minimum absolute atomic E-state index is 0.143. The molecule has 0 aliphatic carbocycles. The quantitative estimate of drug-likeness (QED) is 0.363. The van der Waals surface area contributed by atoms with Crippen molar-refractivity contribution in [3.8, 4) is 0 Å². The van der Waals surface area contributed by atoms with E-state index in [2.05, 4.69) is 40.7 Å². The molecular weight excluding hydrogens is 320 g/mol. The van der Waals surface area contributed by atoms with E-state index >= 15 is 0 Å². The Morgan fingerprint density at radius 1 is 0.941 bits per heavy atom. The number of rotatable bonds is 9. The van der Waals surface area contributed by atoms with Crippen LogP contribution in [0.15, 0.2) is 9.70 Å². The monoisotopic (exact) mass is 354 g/mol. The van der Waals surface area contributed by atoms with Crippen molar-refractivity contribution in [2.45, 2.75) is 84.0 Å². The molecule has 0 heterocycles. The summed E-state index contributed by atoms with van der Waals surface area (Å²) in [5.74, 6) is 0. The summed E-state index contributed by atoms with van der Waals surface area (Å²) < 4.78 is 3.35. The zero-order valence-corrected chi connectivity index (χ0v) is 15.0. The van der Waals surface area contributed by atoms with Gasteiger partial charge in [-0.2, -0.15) is 0 Å². The molecule has 0 aliphatic heterocycles. The average Bonchev–Trinajstić information content (AvgIpc) is 2.22. The van der Waals surface area contributed by atoms with E-state index in [-0.39, 0.29) is 20.9 Å². The predicted molar refractivity (Wildman–Crippen MR) is 81.8 cm³/mol. The van der Waals surface area contributed by atoms with E-state index in [0.717, 1.165) is 0 Å². The molecule has 0 unspecified atom stereocenters. The standard InChI is InChI=1S/C16H32Te/c1-6-8-10-11-12-15(14-16(3,4)5)17-13-9-7-2/h14H,6-13H2,1-5H3. The first-order valence-corrected chi connectivity index (χ1v) is 10.2. The van der Waals surface area contributed by atoms with Gasteiger partial charge >= 0.3 is 120 Å². The molecule has 0 aromatic carbocycles. The van der Waals surface area contributed by atoms with Gasteiger partial charge in [0.1, 0.15) is 0 Å². The van der Waals surface area contributed by atoms with E-state index in [1.54, 1.807) is 0 Å². The Morgan fingerprint density at radius 3 is 2.12 bits per heavy atom. The molecule has 0 rings (SSSR count). The normalized spacial score (nSPS) is 13.1. The number of hydrogen-bond donors (Lipinski definition) is 0. The molecule has 0 saturated carbocycles. The second-order valence-electron chi connectivity index (χ2n) is 5.99. The summed E-state index contributed by atoms with van der Waals surface area (Å²) >= 11 is 0.143. The Hall–Kier alpha value is 0.530. The van der Waals surface area contributed by atoms with Crippen molar-refractivity contribution in [2.24, 2.45) is 5.41 Å². The van der Waals surface area contributed by atoms with Crippen LogP contribution in [0.3, 0.4) is 0 Å². The second-order valence-corrected chi connectivity index (χ2v) is 9.48. The molecule has 0 fully saturated rings. The van der Waals surface area contributed by atoms with Gasteiger partial charge in [-0.15, -0.1) is 0 Å². The Bertz CT molecular complexity index is 198. The fourth-order valence-corrected chi connectivity index (χ4v) is 5.80. The van der Waals surface area contributed by atoms with Gasteiger partial charge < -0.3 is 0 Å². The van der Waals surface area contributed by atoms with Crippen LogP contribution in [-0.4, -0.2) is 20.9 Å². The van der Waals surface area contributed by atoms with Gasteiger partial charge in [-0.3, -0.25) is 0 Å². The topological polar surface area (TPSA) is 0 Å². The van der Waals surface area contributed by atoms with E-state index < -0.39 is 0 Å². The molecular formula is C16H32Te. The van der Waals surface area contributed by atoms with Crippen LogP contribution in [0.5, 0.6) is 0 Å². The first-order chi connectivity index (χ1) is 7.99. The van der Waals surface area contributed by atoms with Gasteiger partial charge in [-0.1, -0.05) is 0 Å². The first-order valence-electron chi connectivity index (χ1n) is 7.34. The molecule has 0 atom stereocenters. The summed E-state index contributed by atoms with van der Waals surface area (Å²) in [6.07, 6.45) is 12.4. The van der Waals surface area contributed by atoms with Crippen molar-refractivity contribution in [2.75, 3.05) is 0 Å². The third-order valence-electron chi connectivity index (χ3n) is 2.66. The minimum atomic E-state index is 0.143. The van der Waals surface area contributed by atoms with Crippen molar-refractivity contribution >= 4 is 20.9 Å². The Morgan fingerprint density at radius 2 is 1.59 bits per heavy atom. The van der Waals surface area contributed by atoms with Gasteiger partial charge in [0.2, 0.25) is 0 Å². The zero-order valence-electron chi connectivity index (χ0n) is 12.6. The molecule has 0 radical (unpaired) electrons. The van der Waals surface area contributed by atoms with E-state index in [0.29, 0.717) is 5.41 Å². The van der Waals surface area contributed by atoms with Crippen LogP contribution < -0.4 is 0 Å². The third kappa shape index (κ3) is 12.8. The van der Waals surface area contributed by atoms with Gasteiger partial charge in [0.15, 0.2) is 0 Å². The molecule has 102 valence electrons. The van der Waals surface area contributed by atoms with Gasteiger partial charge in [0.25, 0.3) is 0 Å². The van der Waals surface area contributed by atoms with Crippen LogP contribution in [-0.2, 0) is 0 Å². The van der Waals surface area contributed by atoms with E-state index in [9.17, 15) is 0 Å². The summed E-state index contributed by atoms with van der Waals surface area (Å²) in [5, 5.41) is 0. The maximum atomic E-state index is 2.58. The average molecular weight is 352 g/mol. The van der Waals surface area contributed by atoms with E-state index in [1.165, 1.54) is 49.4 Å². The molecule has 0 bridgehead atoms. The second kappa shape index (κ2) is 10.5. The van der Waals surface area contributed by atoms with Gasteiger partial charge in [0, 0.05) is 0 Å². The predicted octanol–water partition coefficient (Wildman–Crippen LogP) is 5.81. The first kappa shape index (κ1) is 17.5. The molecule has 0 aromatic heterocycles. The van der Waals surface area contributed by atoms with Crippen LogP contribution >= 0.6 is 0 Å². The Balaban J connectivity index is 4.07. The third-order valence-corrected chi connectivity index (χ3v) is 6.04. The van der Waals surface area contributed by atoms with E-state index in [4.69, 9.17) is 0 Å². The molecule has 1 heteroatoms. The van der Waals surface area contributed by atoms with Gasteiger partial charge in [0.05, 0.1) is 0 Å². The van der Waals surface area contributed by atoms with Crippen molar-refractivity contribution in [3.63, 3.8) is 0 Å². The van der Waals surface area contributed by atoms with Crippen LogP contribution in [0.2, 0.25) is 4.47 Å². The van der Waals surface area contributed by atoms with Crippen LogP contribution in [0.1, 0.15) is 79.6 Å². The Labute approximate surface area is 120 Å². The molecule has 0 aromatic rings. The van der Waals surface area contributed by atoms with Gasteiger partial charge in [-0.05, 0) is 0 Å². The molecule has 0 aliphatic rings. The van der Waals surface area contributed by atoms with Crippen LogP contribution in [0.25, 0.3) is 0 Å². The maximum absolute atomic E-state index is 2.58. The van der Waals surface area contributed by atoms with Crippen molar-refractivity contribution in [1.82, 2.24) is 0 Å². The van der Waals surface area contributed by atoms with Crippen molar-refractivity contribution in [3.05, 3.63) is 9.70 Å². The molecule has 0 N–H and O–H groups in total. The fraction of sp³-hybridized carbons (Fsp3) is 0.875. The number of unbranched alkanes of at least 4 members (excludes halogenated alkanes) is 4. The summed E-state index contributed by atoms with van der Waals surface area (Å²) in [5.41, 5.74) is 0.386. The Kier molecular flexibility index (Phi) is 10.8. The summed E-state index contributed by atoms with van der Waals surface area (Å²) in [6, 6.07) is 0. The number of hydrogen-bond acceptors (Lipinski definition) is 0. The van der Waals surface area contributed by atoms with Crippen molar-refractivity contribution in [1.29, 1.82) is 0 Å². The summed E-state index contributed by atoms with van der Waals surface area (Å²) in [4.78, 5) is 0. The summed E-state index contributed by atoms with van der Waals surface area (Å²) in [6.45, 7) is 11.6. The van der Waals surface area contributed by atoms with Crippen molar-refractivity contribution < 1.29 is 0 Å². The zero-order chi connectivity index (χ0) is 13.1. The SMILES string of the molecule is CCCCCCC(=CC(C)(C)C)[Te]CCCC. The number of allylic oxidation sites excluding steroid dienone is 2. The molecule has 17 heavy (non-hydrogen) atoms. The molecule has 0 amide bonds. The van der Waals surface area contributed by atoms with E-state index in [1.807, 2.05) is 3.62 Å². The summed E-state index contributed by atoms with van der Waals surface area (Å²) in [7, 11) is 0. The molecule has 0 saturated heterocycles.